The van der Waals surface area contributed by atoms with Gasteiger partial charge in [-0.25, -0.2) is 9.78 Å². The van der Waals surface area contributed by atoms with Crippen molar-refractivity contribution >= 4 is 23.1 Å². The SMILES string of the molecule is COc1ccc(NC(=O)N2CCCC2c2ccsc2)cn1. The molecule has 1 aliphatic heterocycles. The number of aromatic nitrogens is 1. The molecule has 110 valence electrons. The lowest BCUT2D eigenvalue weighted by molar-refractivity contribution is 0.207. The average Bonchev–Trinajstić information content (AvgIpc) is 3.18. The molecule has 1 aliphatic rings. The molecule has 1 atom stereocenters. The lowest BCUT2D eigenvalue weighted by Crippen LogP contribution is -2.34. The molecule has 0 spiro atoms. The number of urea groups is 1. The summed E-state index contributed by atoms with van der Waals surface area (Å²) in [5.74, 6) is 0.533. The molecule has 1 saturated heterocycles. The monoisotopic (exact) mass is 303 g/mol. The number of thiophene rings is 1. The van der Waals surface area contributed by atoms with Gasteiger partial charge in [0.05, 0.1) is 25.0 Å². The smallest absolute Gasteiger partial charge is 0.322 e. The van der Waals surface area contributed by atoms with Gasteiger partial charge in [0.2, 0.25) is 5.88 Å². The molecule has 0 saturated carbocycles. The van der Waals surface area contributed by atoms with Crippen LogP contribution in [0.25, 0.3) is 0 Å². The van der Waals surface area contributed by atoms with Crippen molar-refractivity contribution < 1.29 is 9.53 Å². The lowest BCUT2D eigenvalue weighted by Gasteiger charge is -2.24. The van der Waals surface area contributed by atoms with Gasteiger partial charge >= 0.3 is 6.03 Å². The Morgan fingerprint density at radius 2 is 2.38 bits per heavy atom. The topological polar surface area (TPSA) is 54.5 Å². The maximum absolute atomic E-state index is 12.4. The number of likely N-dealkylation sites (tertiary alicyclic amines) is 1. The first-order valence-electron chi connectivity index (χ1n) is 6.87. The van der Waals surface area contributed by atoms with Crippen LogP contribution in [0, 0.1) is 0 Å². The number of anilines is 1. The minimum Gasteiger partial charge on any atom is -0.481 e. The lowest BCUT2D eigenvalue weighted by atomic mass is 10.1. The molecule has 3 heterocycles. The van der Waals surface area contributed by atoms with Crippen LogP contribution in [0.5, 0.6) is 5.88 Å². The van der Waals surface area contributed by atoms with Gasteiger partial charge in [-0.1, -0.05) is 0 Å². The van der Waals surface area contributed by atoms with E-state index in [1.807, 2.05) is 4.90 Å². The molecule has 2 amide bonds. The van der Waals surface area contributed by atoms with Crippen molar-refractivity contribution in [2.24, 2.45) is 0 Å². The zero-order valence-corrected chi connectivity index (χ0v) is 12.6. The highest BCUT2D eigenvalue weighted by molar-refractivity contribution is 7.07. The second-order valence-corrected chi connectivity index (χ2v) is 5.71. The highest BCUT2D eigenvalue weighted by atomic mass is 32.1. The van der Waals surface area contributed by atoms with Gasteiger partial charge in [0.25, 0.3) is 0 Å². The zero-order chi connectivity index (χ0) is 14.7. The van der Waals surface area contributed by atoms with E-state index in [9.17, 15) is 4.79 Å². The van der Waals surface area contributed by atoms with Gasteiger partial charge in [0, 0.05) is 12.6 Å². The summed E-state index contributed by atoms with van der Waals surface area (Å²) in [4.78, 5) is 18.4. The van der Waals surface area contributed by atoms with Crippen molar-refractivity contribution in [1.82, 2.24) is 9.88 Å². The summed E-state index contributed by atoms with van der Waals surface area (Å²) in [6.45, 7) is 0.788. The molecule has 0 aliphatic carbocycles. The maximum Gasteiger partial charge on any atom is 0.322 e. The number of methoxy groups -OCH3 is 1. The number of amides is 2. The van der Waals surface area contributed by atoms with Crippen LogP contribution >= 0.6 is 11.3 Å². The molecule has 0 bridgehead atoms. The fraction of sp³-hybridized carbons (Fsp3) is 0.333. The average molecular weight is 303 g/mol. The molecule has 2 aromatic heterocycles. The molecule has 6 heteroatoms. The summed E-state index contributed by atoms with van der Waals surface area (Å²) in [6, 6.07) is 5.73. The molecule has 1 fully saturated rings. The van der Waals surface area contributed by atoms with Crippen LogP contribution in [0.1, 0.15) is 24.4 Å². The van der Waals surface area contributed by atoms with Gasteiger partial charge < -0.3 is 15.0 Å². The van der Waals surface area contributed by atoms with Crippen molar-refractivity contribution in [2.75, 3.05) is 19.0 Å². The van der Waals surface area contributed by atoms with E-state index in [2.05, 4.69) is 27.1 Å². The first kappa shape index (κ1) is 13.9. The van der Waals surface area contributed by atoms with Crippen LogP contribution in [0.2, 0.25) is 0 Å². The Morgan fingerprint density at radius 1 is 1.48 bits per heavy atom. The van der Waals surface area contributed by atoms with Crippen molar-refractivity contribution in [3.63, 3.8) is 0 Å². The highest BCUT2D eigenvalue weighted by Crippen LogP contribution is 2.33. The number of pyridine rings is 1. The number of hydrogen-bond acceptors (Lipinski definition) is 4. The van der Waals surface area contributed by atoms with Gasteiger partial charge in [0.15, 0.2) is 0 Å². The fourth-order valence-electron chi connectivity index (χ4n) is 2.59. The van der Waals surface area contributed by atoms with E-state index in [0.29, 0.717) is 11.6 Å². The number of carbonyl (C=O) groups is 1. The number of rotatable bonds is 3. The third-order valence-electron chi connectivity index (χ3n) is 3.64. The normalized spacial score (nSPS) is 17.8. The largest absolute Gasteiger partial charge is 0.481 e. The number of nitrogens with zero attached hydrogens (tertiary/aromatic N) is 2. The molecule has 1 unspecified atom stereocenters. The third kappa shape index (κ3) is 3.00. The second kappa shape index (κ2) is 6.13. The van der Waals surface area contributed by atoms with Crippen LogP contribution in [0.3, 0.4) is 0 Å². The molecule has 2 aromatic rings. The Labute approximate surface area is 127 Å². The predicted molar refractivity (Wildman–Crippen MR) is 82.8 cm³/mol. The van der Waals surface area contributed by atoms with Crippen molar-refractivity contribution in [3.8, 4) is 5.88 Å². The van der Waals surface area contributed by atoms with Crippen LogP contribution < -0.4 is 10.1 Å². The molecular formula is C15H17N3O2S. The molecule has 5 nitrogen and oxygen atoms in total. The summed E-state index contributed by atoms with van der Waals surface area (Å²) < 4.78 is 5.01. The summed E-state index contributed by atoms with van der Waals surface area (Å²) >= 11 is 1.67. The van der Waals surface area contributed by atoms with Gasteiger partial charge in [-0.15, -0.1) is 0 Å². The molecular weight excluding hydrogens is 286 g/mol. The van der Waals surface area contributed by atoms with Gasteiger partial charge in [0.1, 0.15) is 0 Å². The Hall–Kier alpha value is -2.08. The fourth-order valence-corrected chi connectivity index (χ4v) is 3.30. The maximum atomic E-state index is 12.4. The molecule has 21 heavy (non-hydrogen) atoms. The number of hydrogen-bond donors (Lipinski definition) is 1. The molecule has 0 radical (unpaired) electrons. The third-order valence-corrected chi connectivity index (χ3v) is 4.34. The van der Waals surface area contributed by atoms with Crippen LogP contribution in [-0.4, -0.2) is 29.6 Å². The Kier molecular flexibility index (Phi) is 4.06. The van der Waals surface area contributed by atoms with E-state index in [4.69, 9.17) is 4.74 Å². The van der Waals surface area contributed by atoms with Crippen LogP contribution in [0.4, 0.5) is 10.5 Å². The van der Waals surface area contributed by atoms with Crippen molar-refractivity contribution in [1.29, 1.82) is 0 Å². The number of nitrogens with one attached hydrogen (secondary N) is 1. The number of carbonyl (C=O) groups excluding carboxylic acids is 1. The minimum atomic E-state index is -0.0735. The second-order valence-electron chi connectivity index (χ2n) is 4.93. The van der Waals surface area contributed by atoms with E-state index in [-0.39, 0.29) is 12.1 Å². The highest BCUT2D eigenvalue weighted by Gasteiger charge is 2.30. The Bertz CT molecular complexity index is 598. The van der Waals surface area contributed by atoms with Gasteiger partial charge in [-0.05, 0) is 41.3 Å². The predicted octanol–water partition coefficient (Wildman–Crippen LogP) is 3.52. The summed E-state index contributed by atoms with van der Waals surface area (Å²) in [5.41, 5.74) is 1.90. The zero-order valence-electron chi connectivity index (χ0n) is 11.8. The van der Waals surface area contributed by atoms with Gasteiger partial charge in [-0.3, -0.25) is 0 Å². The van der Waals surface area contributed by atoms with E-state index in [1.165, 1.54) is 5.56 Å². The number of ether oxygens (including phenoxy) is 1. The Balaban J connectivity index is 1.69. The summed E-state index contributed by atoms with van der Waals surface area (Å²) in [7, 11) is 1.57. The van der Waals surface area contributed by atoms with Crippen molar-refractivity contribution in [3.05, 3.63) is 40.7 Å². The molecule has 0 aromatic carbocycles. The minimum absolute atomic E-state index is 0.0735. The van der Waals surface area contributed by atoms with Crippen LogP contribution in [-0.2, 0) is 0 Å². The van der Waals surface area contributed by atoms with E-state index >= 15 is 0 Å². The molecule has 3 rings (SSSR count). The van der Waals surface area contributed by atoms with Crippen molar-refractivity contribution in [2.45, 2.75) is 18.9 Å². The summed E-state index contributed by atoms with van der Waals surface area (Å²) in [6.07, 6.45) is 3.66. The molecule has 1 N–H and O–H groups in total. The van der Waals surface area contributed by atoms with E-state index < -0.39 is 0 Å². The first-order chi connectivity index (χ1) is 10.3. The summed E-state index contributed by atoms with van der Waals surface area (Å²) in [5, 5.41) is 7.07. The first-order valence-corrected chi connectivity index (χ1v) is 7.82. The van der Waals surface area contributed by atoms with E-state index in [1.54, 1.807) is 36.8 Å². The Morgan fingerprint density at radius 3 is 3.05 bits per heavy atom. The standard InChI is InChI=1S/C15H17N3O2S/c1-20-14-5-4-12(9-16-14)17-15(19)18-7-2-3-13(18)11-6-8-21-10-11/h4-6,8-10,13H,2-3,7H2,1H3,(H,17,19). The van der Waals surface area contributed by atoms with E-state index in [0.717, 1.165) is 19.4 Å². The van der Waals surface area contributed by atoms with Gasteiger partial charge in [-0.2, -0.15) is 11.3 Å². The quantitative estimate of drug-likeness (QED) is 0.944. The van der Waals surface area contributed by atoms with Crippen LogP contribution in [0.15, 0.2) is 35.2 Å².